The van der Waals surface area contributed by atoms with Gasteiger partial charge in [-0.2, -0.15) is 5.10 Å². The number of halogens is 1. The van der Waals surface area contributed by atoms with E-state index in [4.69, 9.17) is 4.74 Å². The Labute approximate surface area is 187 Å². The SMILES string of the molecule is CCOC(=O)[C@@H]1CCCN(CC(=O)N2N=C(c3ccc(F)cc3)C[C@@H]2c2cccn2C)C1. The summed E-state index contributed by atoms with van der Waals surface area (Å²) in [5.41, 5.74) is 2.55. The Balaban J connectivity index is 1.52. The highest BCUT2D eigenvalue weighted by atomic mass is 19.1. The van der Waals surface area contributed by atoms with Crippen molar-refractivity contribution < 1.29 is 18.7 Å². The number of rotatable bonds is 6. The summed E-state index contributed by atoms with van der Waals surface area (Å²) < 4.78 is 20.5. The number of benzene rings is 1. The molecule has 1 aromatic heterocycles. The van der Waals surface area contributed by atoms with Crippen molar-refractivity contribution in [2.24, 2.45) is 18.1 Å². The number of ether oxygens (including phenoxy) is 1. The van der Waals surface area contributed by atoms with Crippen molar-refractivity contribution in [1.29, 1.82) is 0 Å². The molecule has 3 heterocycles. The number of esters is 1. The number of hydrazone groups is 1. The van der Waals surface area contributed by atoms with Gasteiger partial charge in [0.1, 0.15) is 11.9 Å². The fourth-order valence-corrected chi connectivity index (χ4v) is 4.52. The molecule has 7 nitrogen and oxygen atoms in total. The van der Waals surface area contributed by atoms with Crippen molar-refractivity contribution in [1.82, 2.24) is 14.5 Å². The number of likely N-dealkylation sites (tertiary alicyclic amines) is 1. The van der Waals surface area contributed by atoms with Gasteiger partial charge in [-0.05, 0) is 56.1 Å². The van der Waals surface area contributed by atoms with E-state index in [1.165, 1.54) is 12.1 Å². The maximum atomic E-state index is 13.4. The van der Waals surface area contributed by atoms with Gasteiger partial charge in [0.2, 0.25) is 0 Å². The van der Waals surface area contributed by atoms with Crippen molar-refractivity contribution in [3.63, 3.8) is 0 Å². The van der Waals surface area contributed by atoms with Crippen LogP contribution in [0, 0.1) is 11.7 Å². The zero-order valence-electron chi connectivity index (χ0n) is 18.5. The lowest BCUT2D eigenvalue weighted by Crippen LogP contribution is -2.45. The number of piperidine rings is 1. The van der Waals surface area contributed by atoms with Crippen molar-refractivity contribution in [2.75, 3.05) is 26.2 Å². The summed E-state index contributed by atoms with van der Waals surface area (Å²) in [4.78, 5) is 27.5. The normalized spacial score (nSPS) is 21.5. The number of aromatic nitrogens is 1. The quantitative estimate of drug-likeness (QED) is 0.648. The Morgan fingerprint density at radius 3 is 2.69 bits per heavy atom. The first-order chi connectivity index (χ1) is 15.5. The predicted octanol–water partition coefficient (Wildman–Crippen LogP) is 3.12. The monoisotopic (exact) mass is 440 g/mol. The van der Waals surface area contributed by atoms with Gasteiger partial charge in [0, 0.05) is 31.9 Å². The topological polar surface area (TPSA) is 67.1 Å². The lowest BCUT2D eigenvalue weighted by atomic mass is 9.98. The molecule has 1 saturated heterocycles. The van der Waals surface area contributed by atoms with Gasteiger partial charge < -0.3 is 9.30 Å². The summed E-state index contributed by atoms with van der Waals surface area (Å²) in [6.45, 7) is 3.63. The van der Waals surface area contributed by atoms with Gasteiger partial charge >= 0.3 is 5.97 Å². The molecule has 0 N–H and O–H groups in total. The molecule has 1 amide bonds. The first-order valence-electron chi connectivity index (χ1n) is 11.1. The smallest absolute Gasteiger partial charge is 0.310 e. The van der Waals surface area contributed by atoms with E-state index in [2.05, 4.69) is 5.10 Å². The molecule has 0 saturated carbocycles. The Hall–Kier alpha value is -3.00. The van der Waals surface area contributed by atoms with E-state index in [0.717, 1.165) is 36.4 Å². The molecule has 2 aliphatic heterocycles. The molecule has 32 heavy (non-hydrogen) atoms. The number of amides is 1. The van der Waals surface area contributed by atoms with Gasteiger partial charge in [-0.25, -0.2) is 9.40 Å². The Morgan fingerprint density at radius 2 is 2.00 bits per heavy atom. The molecule has 0 radical (unpaired) electrons. The van der Waals surface area contributed by atoms with Crippen LogP contribution in [-0.4, -0.2) is 58.3 Å². The number of carbonyl (C=O) groups excluding carboxylic acids is 2. The van der Waals surface area contributed by atoms with E-state index < -0.39 is 0 Å². The molecule has 2 aliphatic rings. The molecule has 2 atom stereocenters. The summed E-state index contributed by atoms with van der Waals surface area (Å²) in [5, 5.41) is 6.22. The van der Waals surface area contributed by atoms with Gasteiger partial charge in [0.15, 0.2) is 0 Å². The van der Waals surface area contributed by atoms with Gasteiger partial charge in [-0.3, -0.25) is 14.5 Å². The standard InChI is InChI=1S/C24H29FN4O3/c1-3-32-24(31)18-6-4-13-28(15-18)16-23(30)29-22(21-7-5-12-27(21)2)14-20(26-29)17-8-10-19(25)11-9-17/h5,7-12,18,22H,3-4,6,13-16H2,1-2H3/t18-,22-/m1/s1. The number of aryl methyl sites for hydroxylation is 1. The molecule has 1 fully saturated rings. The number of nitrogens with zero attached hydrogens (tertiary/aromatic N) is 4. The van der Waals surface area contributed by atoms with E-state index in [0.29, 0.717) is 19.6 Å². The molecule has 0 aliphatic carbocycles. The largest absolute Gasteiger partial charge is 0.466 e. The van der Waals surface area contributed by atoms with Crippen LogP contribution in [0.1, 0.15) is 43.5 Å². The average Bonchev–Trinajstić information content (AvgIpc) is 3.41. The highest BCUT2D eigenvalue weighted by molar-refractivity contribution is 6.03. The first-order valence-corrected chi connectivity index (χ1v) is 11.1. The van der Waals surface area contributed by atoms with Crippen LogP contribution in [0.5, 0.6) is 0 Å². The minimum absolute atomic E-state index is 0.113. The van der Waals surface area contributed by atoms with Gasteiger partial charge in [0.05, 0.1) is 24.8 Å². The Kier molecular flexibility index (Phi) is 6.69. The van der Waals surface area contributed by atoms with Crippen LogP contribution in [0.3, 0.4) is 0 Å². The predicted molar refractivity (Wildman–Crippen MR) is 118 cm³/mol. The maximum Gasteiger partial charge on any atom is 0.310 e. The molecule has 4 rings (SSSR count). The molecule has 0 unspecified atom stereocenters. The molecule has 0 spiro atoms. The van der Waals surface area contributed by atoms with Crippen molar-refractivity contribution in [2.45, 2.75) is 32.2 Å². The second-order valence-corrected chi connectivity index (χ2v) is 8.38. The number of hydrogen-bond donors (Lipinski definition) is 0. The molecule has 1 aromatic carbocycles. The third-order valence-corrected chi connectivity index (χ3v) is 6.15. The van der Waals surface area contributed by atoms with Crippen LogP contribution < -0.4 is 0 Å². The average molecular weight is 441 g/mol. The van der Waals surface area contributed by atoms with Crippen molar-refractivity contribution >= 4 is 17.6 Å². The van der Waals surface area contributed by atoms with E-state index in [9.17, 15) is 14.0 Å². The molecule has 2 aromatic rings. The highest BCUT2D eigenvalue weighted by Crippen LogP contribution is 2.33. The third-order valence-electron chi connectivity index (χ3n) is 6.15. The maximum absolute atomic E-state index is 13.4. The second-order valence-electron chi connectivity index (χ2n) is 8.38. The van der Waals surface area contributed by atoms with Gasteiger partial charge in [0.25, 0.3) is 5.91 Å². The van der Waals surface area contributed by atoms with E-state index in [1.807, 2.05) is 34.8 Å². The van der Waals surface area contributed by atoms with Crippen molar-refractivity contribution in [3.8, 4) is 0 Å². The zero-order valence-corrected chi connectivity index (χ0v) is 18.5. The summed E-state index contributed by atoms with van der Waals surface area (Å²) in [6.07, 6.45) is 4.14. The zero-order chi connectivity index (χ0) is 22.7. The van der Waals surface area contributed by atoms with Crippen LogP contribution in [0.25, 0.3) is 0 Å². The molecular formula is C24H29FN4O3. The lowest BCUT2D eigenvalue weighted by Gasteiger charge is -2.32. The lowest BCUT2D eigenvalue weighted by molar-refractivity contribution is -0.150. The molecular weight excluding hydrogens is 411 g/mol. The highest BCUT2D eigenvalue weighted by Gasteiger charge is 2.36. The van der Waals surface area contributed by atoms with Crippen LogP contribution in [0.2, 0.25) is 0 Å². The first kappa shape index (κ1) is 22.2. The third kappa shape index (κ3) is 4.75. The number of hydrogen-bond acceptors (Lipinski definition) is 5. The molecule has 0 bridgehead atoms. The molecule has 8 heteroatoms. The van der Waals surface area contributed by atoms with Gasteiger partial charge in [-0.1, -0.05) is 12.1 Å². The van der Waals surface area contributed by atoms with Crippen LogP contribution in [0.4, 0.5) is 4.39 Å². The fraction of sp³-hybridized carbons (Fsp3) is 0.458. The Morgan fingerprint density at radius 1 is 1.22 bits per heavy atom. The Bertz CT molecular complexity index is 1000. The molecule has 170 valence electrons. The minimum atomic E-state index is -0.305. The van der Waals surface area contributed by atoms with Crippen LogP contribution in [-0.2, 0) is 21.4 Å². The van der Waals surface area contributed by atoms with Gasteiger partial charge in [-0.15, -0.1) is 0 Å². The second kappa shape index (κ2) is 9.65. The number of carbonyl (C=O) groups is 2. The van der Waals surface area contributed by atoms with Crippen LogP contribution >= 0.6 is 0 Å². The summed E-state index contributed by atoms with van der Waals surface area (Å²) in [5.74, 6) is -0.806. The van der Waals surface area contributed by atoms with E-state index in [-0.39, 0.29) is 36.2 Å². The fourth-order valence-electron chi connectivity index (χ4n) is 4.52. The van der Waals surface area contributed by atoms with E-state index in [1.54, 1.807) is 24.1 Å². The summed E-state index contributed by atoms with van der Waals surface area (Å²) >= 11 is 0. The van der Waals surface area contributed by atoms with Crippen LogP contribution in [0.15, 0.2) is 47.7 Å². The van der Waals surface area contributed by atoms with Crippen molar-refractivity contribution in [3.05, 3.63) is 59.7 Å². The minimum Gasteiger partial charge on any atom is -0.466 e. The summed E-state index contributed by atoms with van der Waals surface area (Å²) in [6, 6.07) is 9.91. The van der Waals surface area contributed by atoms with E-state index >= 15 is 0 Å². The summed E-state index contributed by atoms with van der Waals surface area (Å²) in [7, 11) is 1.95.